The molecule has 0 saturated carbocycles. The smallest absolute Gasteiger partial charge is 0.198 e. The Bertz CT molecular complexity index is 1150. The van der Waals surface area contributed by atoms with E-state index in [2.05, 4.69) is 32.2 Å². The fourth-order valence-corrected chi connectivity index (χ4v) is 5.08. The maximum Gasteiger partial charge on any atom is 0.198 e. The van der Waals surface area contributed by atoms with Gasteiger partial charge in [-0.05, 0) is 54.1 Å². The van der Waals surface area contributed by atoms with E-state index in [0.717, 1.165) is 42.5 Å². The third kappa shape index (κ3) is 5.06. The van der Waals surface area contributed by atoms with Crippen LogP contribution >= 0.6 is 11.6 Å². The predicted octanol–water partition coefficient (Wildman–Crippen LogP) is 2.70. The number of anilines is 1. The van der Waals surface area contributed by atoms with Gasteiger partial charge < -0.3 is 4.90 Å². The molecule has 2 heterocycles. The molecule has 8 nitrogen and oxygen atoms in total. The number of aromatic nitrogens is 4. The maximum absolute atomic E-state index is 12.8. The Morgan fingerprint density at radius 3 is 2.42 bits per heavy atom. The minimum absolute atomic E-state index is 0.269. The number of rotatable bonds is 6. The van der Waals surface area contributed by atoms with Crippen LogP contribution in [0.4, 0.5) is 5.69 Å². The van der Waals surface area contributed by atoms with Crippen LogP contribution in [0, 0.1) is 13.8 Å². The second kappa shape index (κ2) is 8.94. The van der Waals surface area contributed by atoms with E-state index in [9.17, 15) is 8.42 Å². The first-order valence-corrected chi connectivity index (χ1v) is 12.1. The lowest BCUT2D eigenvalue weighted by Gasteiger charge is -2.36. The third-order valence-electron chi connectivity index (χ3n) is 5.53. The van der Waals surface area contributed by atoms with Crippen LogP contribution in [0.2, 0.25) is 5.02 Å². The van der Waals surface area contributed by atoms with Crippen molar-refractivity contribution < 1.29 is 8.42 Å². The van der Waals surface area contributed by atoms with E-state index in [1.54, 1.807) is 24.3 Å². The zero-order chi connectivity index (χ0) is 22.0. The summed E-state index contributed by atoms with van der Waals surface area (Å²) in [6.07, 6.45) is 0. The SMILES string of the molecule is Cc1ccc(S(=O)(=O)Cn2nnnc2CN2CCN(c3cc(Cl)ccc3C)CC2)cc1. The van der Waals surface area contributed by atoms with Gasteiger partial charge in [-0.15, -0.1) is 5.10 Å². The first kappa shape index (κ1) is 21.7. The number of hydrogen-bond acceptors (Lipinski definition) is 7. The van der Waals surface area contributed by atoms with Crippen LogP contribution in [0.25, 0.3) is 0 Å². The molecular formula is C21H25ClN6O2S. The number of nitrogens with zero attached hydrogens (tertiary/aromatic N) is 6. The highest BCUT2D eigenvalue weighted by molar-refractivity contribution is 7.90. The predicted molar refractivity (Wildman–Crippen MR) is 120 cm³/mol. The van der Waals surface area contributed by atoms with Crippen molar-refractivity contribution in [1.29, 1.82) is 0 Å². The first-order chi connectivity index (χ1) is 14.8. The van der Waals surface area contributed by atoms with Gasteiger partial charge >= 0.3 is 0 Å². The summed E-state index contributed by atoms with van der Waals surface area (Å²) in [5, 5.41) is 12.4. The van der Waals surface area contributed by atoms with Crippen molar-refractivity contribution in [1.82, 2.24) is 25.1 Å². The topological polar surface area (TPSA) is 84.2 Å². The molecule has 0 unspecified atom stereocenters. The van der Waals surface area contributed by atoms with Gasteiger partial charge in [-0.3, -0.25) is 4.90 Å². The Hall–Kier alpha value is -2.49. The molecule has 3 aromatic rings. The summed E-state index contributed by atoms with van der Waals surface area (Å²) in [5.74, 6) is 0.267. The lowest BCUT2D eigenvalue weighted by atomic mass is 10.1. The summed E-state index contributed by atoms with van der Waals surface area (Å²) < 4.78 is 26.9. The van der Waals surface area contributed by atoms with Crippen LogP contribution in [0.3, 0.4) is 0 Å². The fourth-order valence-electron chi connectivity index (χ4n) is 3.69. The van der Waals surface area contributed by atoms with Crippen molar-refractivity contribution in [2.75, 3.05) is 31.1 Å². The maximum atomic E-state index is 12.8. The van der Waals surface area contributed by atoms with Gasteiger partial charge in [0.2, 0.25) is 0 Å². The van der Waals surface area contributed by atoms with E-state index in [1.165, 1.54) is 10.2 Å². The molecular weight excluding hydrogens is 436 g/mol. The number of benzene rings is 2. The van der Waals surface area contributed by atoms with Gasteiger partial charge in [0.25, 0.3) is 0 Å². The van der Waals surface area contributed by atoms with Crippen molar-refractivity contribution in [3.63, 3.8) is 0 Å². The number of tetrazole rings is 1. The second-order valence-corrected chi connectivity index (χ2v) is 10.2. The molecule has 0 spiro atoms. The van der Waals surface area contributed by atoms with Crippen LogP contribution in [0.1, 0.15) is 17.0 Å². The Morgan fingerprint density at radius 1 is 1.00 bits per heavy atom. The molecule has 31 heavy (non-hydrogen) atoms. The van der Waals surface area contributed by atoms with Gasteiger partial charge in [0.1, 0.15) is 0 Å². The van der Waals surface area contributed by atoms with Crippen LogP contribution < -0.4 is 4.90 Å². The molecule has 164 valence electrons. The molecule has 1 aromatic heterocycles. The molecule has 1 fully saturated rings. The van der Waals surface area contributed by atoms with Crippen LogP contribution in [0.5, 0.6) is 0 Å². The van der Waals surface area contributed by atoms with Crippen LogP contribution in [0.15, 0.2) is 47.4 Å². The van der Waals surface area contributed by atoms with E-state index in [1.807, 2.05) is 25.1 Å². The third-order valence-corrected chi connectivity index (χ3v) is 7.34. The zero-order valence-electron chi connectivity index (χ0n) is 17.6. The molecule has 2 aromatic carbocycles. The normalized spacial score (nSPS) is 15.4. The molecule has 1 aliphatic heterocycles. The standard InChI is InChI=1S/C21H25ClN6O2S/c1-16-3-7-19(8-4-16)31(29,30)15-28-21(23-24-25-28)14-26-9-11-27(12-10-26)20-13-18(22)6-5-17(20)2/h3-8,13H,9-12,14-15H2,1-2H3. The summed E-state index contributed by atoms with van der Waals surface area (Å²) >= 11 is 6.17. The Balaban J connectivity index is 1.40. The summed E-state index contributed by atoms with van der Waals surface area (Å²) in [6.45, 7) is 7.85. The number of aryl methyl sites for hydroxylation is 2. The quantitative estimate of drug-likeness (QED) is 0.559. The minimum Gasteiger partial charge on any atom is -0.369 e. The van der Waals surface area contributed by atoms with Crippen molar-refractivity contribution in [3.05, 3.63) is 64.4 Å². The van der Waals surface area contributed by atoms with Gasteiger partial charge in [-0.1, -0.05) is 35.4 Å². The molecule has 0 aliphatic carbocycles. The number of hydrogen-bond donors (Lipinski definition) is 0. The molecule has 0 radical (unpaired) electrons. The lowest BCUT2D eigenvalue weighted by Crippen LogP contribution is -2.46. The van der Waals surface area contributed by atoms with E-state index in [-0.39, 0.29) is 10.8 Å². The van der Waals surface area contributed by atoms with Gasteiger partial charge in [-0.2, -0.15) is 0 Å². The van der Waals surface area contributed by atoms with E-state index in [4.69, 9.17) is 11.6 Å². The van der Waals surface area contributed by atoms with Crippen molar-refractivity contribution in [3.8, 4) is 0 Å². The van der Waals surface area contributed by atoms with Gasteiger partial charge in [0.15, 0.2) is 21.5 Å². The Labute approximate surface area is 187 Å². The van der Waals surface area contributed by atoms with E-state index < -0.39 is 9.84 Å². The van der Waals surface area contributed by atoms with Crippen molar-refractivity contribution in [2.24, 2.45) is 0 Å². The molecule has 0 amide bonds. The highest BCUT2D eigenvalue weighted by Gasteiger charge is 2.23. The number of halogens is 1. The van der Waals surface area contributed by atoms with Gasteiger partial charge in [0.05, 0.1) is 11.4 Å². The van der Waals surface area contributed by atoms with Crippen molar-refractivity contribution in [2.45, 2.75) is 31.2 Å². The molecule has 1 saturated heterocycles. The molecule has 0 bridgehead atoms. The molecule has 10 heteroatoms. The van der Waals surface area contributed by atoms with Crippen LogP contribution in [-0.2, 0) is 22.3 Å². The average Bonchev–Trinajstić information content (AvgIpc) is 3.16. The zero-order valence-corrected chi connectivity index (χ0v) is 19.1. The monoisotopic (exact) mass is 460 g/mol. The minimum atomic E-state index is -3.54. The lowest BCUT2D eigenvalue weighted by molar-refractivity contribution is 0.240. The van der Waals surface area contributed by atoms with Crippen molar-refractivity contribution >= 4 is 27.1 Å². The van der Waals surface area contributed by atoms with Gasteiger partial charge in [-0.25, -0.2) is 13.1 Å². The molecule has 4 rings (SSSR count). The van der Waals surface area contributed by atoms with Gasteiger partial charge in [0, 0.05) is 36.9 Å². The highest BCUT2D eigenvalue weighted by Crippen LogP contribution is 2.25. The summed E-state index contributed by atoms with van der Waals surface area (Å²) in [7, 11) is -3.54. The largest absolute Gasteiger partial charge is 0.369 e. The summed E-state index contributed by atoms with van der Waals surface area (Å²) in [6, 6.07) is 12.7. The molecule has 0 N–H and O–H groups in total. The Morgan fingerprint density at radius 2 is 1.71 bits per heavy atom. The Kier molecular flexibility index (Phi) is 6.27. The first-order valence-electron chi connectivity index (χ1n) is 10.1. The van der Waals surface area contributed by atoms with Crippen LogP contribution in [-0.4, -0.2) is 59.7 Å². The average molecular weight is 461 g/mol. The highest BCUT2D eigenvalue weighted by atomic mass is 35.5. The van der Waals surface area contributed by atoms with E-state index >= 15 is 0 Å². The number of piperazine rings is 1. The second-order valence-electron chi connectivity index (χ2n) is 7.85. The number of sulfone groups is 1. The fraction of sp³-hybridized carbons (Fsp3) is 0.381. The summed E-state index contributed by atoms with van der Waals surface area (Å²) in [5.41, 5.74) is 3.36. The molecule has 1 aliphatic rings. The summed E-state index contributed by atoms with van der Waals surface area (Å²) in [4.78, 5) is 4.82. The van der Waals surface area contributed by atoms with E-state index in [0.29, 0.717) is 12.4 Å². The molecule has 0 atom stereocenters.